The molecule has 0 saturated carbocycles. The minimum absolute atomic E-state index is 0.444. The Labute approximate surface area is 87.6 Å². The largest absolute Gasteiger partial charge is 0.374 e. The van der Waals surface area contributed by atoms with Gasteiger partial charge in [-0.2, -0.15) is 0 Å². The highest BCUT2D eigenvalue weighted by Crippen LogP contribution is 2.19. The summed E-state index contributed by atoms with van der Waals surface area (Å²) >= 11 is 0. The van der Waals surface area contributed by atoms with E-state index in [1.165, 1.54) is 12.8 Å². The minimum Gasteiger partial charge on any atom is -0.374 e. The van der Waals surface area contributed by atoms with Gasteiger partial charge < -0.3 is 15.4 Å². The summed E-state index contributed by atoms with van der Waals surface area (Å²) in [6.07, 6.45) is 3.33. The molecule has 84 valence electrons. The minimum atomic E-state index is 0.444. The lowest BCUT2D eigenvalue weighted by Gasteiger charge is -2.23. The van der Waals surface area contributed by atoms with Crippen molar-refractivity contribution in [2.75, 3.05) is 26.7 Å². The maximum atomic E-state index is 5.77. The fraction of sp³-hybridized carbons (Fsp3) is 1.00. The SMILES string of the molecule is CC(CN)CN(C)CC1CCC(C)O1. The van der Waals surface area contributed by atoms with Crippen molar-refractivity contribution in [3.05, 3.63) is 0 Å². The summed E-state index contributed by atoms with van der Waals surface area (Å²) in [6.45, 7) is 7.24. The van der Waals surface area contributed by atoms with Gasteiger partial charge in [-0.05, 0) is 39.3 Å². The van der Waals surface area contributed by atoms with E-state index in [1.54, 1.807) is 0 Å². The molecule has 0 spiro atoms. The van der Waals surface area contributed by atoms with E-state index in [9.17, 15) is 0 Å². The third-order valence-electron chi connectivity index (χ3n) is 2.86. The lowest BCUT2D eigenvalue weighted by atomic mass is 10.1. The van der Waals surface area contributed by atoms with Crippen LogP contribution in [-0.2, 0) is 4.74 Å². The van der Waals surface area contributed by atoms with E-state index in [1.807, 2.05) is 0 Å². The molecule has 0 aromatic carbocycles. The van der Waals surface area contributed by atoms with Crippen LogP contribution in [0.2, 0.25) is 0 Å². The highest BCUT2D eigenvalue weighted by atomic mass is 16.5. The van der Waals surface area contributed by atoms with Gasteiger partial charge in [0.05, 0.1) is 12.2 Å². The molecule has 2 N–H and O–H groups in total. The van der Waals surface area contributed by atoms with E-state index in [-0.39, 0.29) is 0 Å². The third-order valence-corrected chi connectivity index (χ3v) is 2.86. The molecule has 3 nitrogen and oxygen atoms in total. The van der Waals surface area contributed by atoms with Crippen LogP contribution in [0, 0.1) is 5.92 Å². The van der Waals surface area contributed by atoms with Gasteiger partial charge in [0.25, 0.3) is 0 Å². The van der Waals surface area contributed by atoms with Gasteiger partial charge in [0, 0.05) is 13.1 Å². The zero-order valence-corrected chi connectivity index (χ0v) is 9.70. The molecule has 1 rings (SSSR count). The molecular weight excluding hydrogens is 176 g/mol. The molecule has 0 aromatic rings. The number of hydrogen-bond acceptors (Lipinski definition) is 3. The van der Waals surface area contributed by atoms with Crippen LogP contribution in [0.1, 0.15) is 26.7 Å². The number of rotatable bonds is 5. The van der Waals surface area contributed by atoms with Crippen molar-refractivity contribution >= 4 is 0 Å². The van der Waals surface area contributed by atoms with Crippen molar-refractivity contribution in [3.8, 4) is 0 Å². The lowest BCUT2D eigenvalue weighted by molar-refractivity contribution is 0.0345. The Hall–Kier alpha value is -0.120. The highest BCUT2D eigenvalue weighted by molar-refractivity contribution is 4.73. The highest BCUT2D eigenvalue weighted by Gasteiger charge is 2.22. The standard InChI is InChI=1S/C11H24N2O/c1-9(6-12)7-13(3)8-11-5-4-10(2)14-11/h9-11H,4-8,12H2,1-3H3. The number of nitrogens with zero attached hydrogens (tertiary/aromatic N) is 1. The van der Waals surface area contributed by atoms with Gasteiger partial charge in [0.1, 0.15) is 0 Å². The Morgan fingerprint density at radius 2 is 2.21 bits per heavy atom. The Balaban J connectivity index is 2.16. The van der Waals surface area contributed by atoms with E-state index < -0.39 is 0 Å². The molecular formula is C11H24N2O. The van der Waals surface area contributed by atoms with Crippen molar-refractivity contribution < 1.29 is 4.74 Å². The molecule has 0 amide bonds. The van der Waals surface area contributed by atoms with Gasteiger partial charge in [-0.1, -0.05) is 6.92 Å². The molecule has 1 aliphatic heterocycles. The first-order chi connectivity index (χ1) is 6.61. The number of ether oxygens (including phenoxy) is 1. The first kappa shape index (κ1) is 12.0. The molecule has 0 aliphatic carbocycles. The monoisotopic (exact) mass is 200 g/mol. The fourth-order valence-corrected chi connectivity index (χ4v) is 2.05. The second kappa shape index (κ2) is 5.69. The quantitative estimate of drug-likeness (QED) is 0.722. The van der Waals surface area contributed by atoms with Crippen LogP contribution in [0.25, 0.3) is 0 Å². The van der Waals surface area contributed by atoms with Gasteiger partial charge in [-0.15, -0.1) is 0 Å². The molecule has 0 bridgehead atoms. The van der Waals surface area contributed by atoms with Gasteiger partial charge in [-0.25, -0.2) is 0 Å². The van der Waals surface area contributed by atoms with E-state index >= 15 is 0 Å². The summed E-state index contributed by atoms with van der Waals surface area (Å²) in [5, 5.41) is 0. The Bertz CT molecular complexity index is 163. The fourth-order valence-electron chi connectivity index (χ4n) is 2.05. The number of likely N-dealkylation sites (N-methyl/N-ethyl adjacent to an activating group) is 1. The van der Waals surface area contributed by atoms with Crippen LogP contribution in [0.5, 0.6) is 0 Å². The summed E-state index contributed by atoms with van der Waals surface area (Å²) in [5.74, 6) is 0.582. The molecule has 1 aliphatic rings. The zero-order chi connectivity index (χ0) is 10.6. The first-order valence-electron chi connectivity index (χ1n) is 5.66. The average molecular weight is 200 g/mol. The first-order valence-corrected chi connectivity index (χ1v) is 5.66. The summed E-state index contributed by atoms with van der Waals surface area (Å²) in [4.78, 5) is 2.33. The molecule has 14 heavy (non-hydrogen) atoms. The molecule has 3 atom stereocenters. The van der Waals surface area contributed by atoms with Crippen molar-refractivity contribution in [2.24, 2.45) is 11.7 Å². The van der Waals surface area contributed by atoms with Gasteiger partial charge in [-0.3, -0.25) is 0 Å². The second-order valence-electron chi connectivity index (χ2n) is 4.71. The summed E-state index contributed by atoms with van der Waals surface area (Å²) in [6, 6.07) is 0. The third kappa shape index (κ3) is 3.95. The van der Waals surface area contributed by atoms with E-state index in [0.29, 0.717) is 18.1 Å². The van der Waals surface area contributed by atoms with E-state index in [4.69, 9.17) is 10.5 Å². The maximum Gasteiger partial charge on any atom is 0.0706 e. The topological polar surface area (TPSA) is 38.5 Å². The smallest absolute Gasteiger partial charge is 0.0706 e. The van der Waals surface area contributed by atoms with Crippen LogP contribution in [0.15, 0.2) is 0 Å². The van der Waals surface area contributed by atoms with Crippen LogP contribution >= 0.6 is 0 Å². The van der Waals surface area contributed by atoms with E-state index in [2.05, 4.69) is 25.8 Å². The van der Waals surface area contributed by atoms with Gasteiger partial charge >= 0.3 is 0 Å². The van der Waals surface area contributed by atoms with Crippen LogP contribution in [0.3, 0.4) is 0 Å². The predicted molar refractivity (Wildman–Crippen MR) is 59.3 cm³/mol. The maximum absolute atomic E-state index is 5.77. The molecule has 3 unspecified atom stereocenters. The van der Waals surface area contributed by atoms with E-state index in [0.717, 1.165) is 19.6 Å². The van der Waals surface area contributed by atoms with Crippen molar-refractivity contribution in [1.29, 1.82) is 0 Å². The van der Waals surface area contributed by atoms with Gasteiger partial charge in [0.2, 0.25) is 0 Å². The number of hydrogen-bond donors (Lipinski definition) is 1. The summed E-state index contributed by atoms with van der Waals surface area (Å²) < 4.78 is 5.77. The van der Waals surface area contributed by atoms with Crippen molar-refractivity contribution in [2.45, 2.75) is 38.9 Å². The average Bonchev–Trinajstić information content (AvgIpc) is 2.50. The Morgan fingerprint density at radius 3 is 2.71 bits per heavy atom. The summed E-state index contributed by atoms with van der Waals surface area (Å²) in [5.41, 5.74) is 5.59. The molecule has 1 heterocycles. The number of nitrogens with two attached hydrogens (primary N) is 1. The Kier molecular flexibility index (Phi) is 4.85. The molecule has 3 heteroatoms. The molecule has 0 radical (unpaired) electrons. The molecule has 1 saturated heterocycles. The summed E-state index contributed by atoms with van der Waals surface area (Å²) in [7, 11) is 2.15. The zero-order valence-electron chi connectivity index (χ0n) is 9.70. The normalized spacial score (nSPS) is 29.8. The molecule has 0 aromatic heterocycles. The predicted octanol–water partition coefficient (Wildman–Crippen LogP) is 1.08. The van der Waals surface area contributed by atoms with Crippen LogP contribution < -0.4 is 5.73 Å². The lowest BCUT2D eigenvalue weighted by Crippen LogP contribution is -2.34. The van der Waals surface area contributed by atoms with Crippen LogP contribution in [-0.4, -0.2) is 43.8 Å². The van der Waals surface area contributed by atoms with Crippen LogP contribution in [0.4, 0.5) is 0 Å². The van der Waals surface area contributed by atoms with Crippen molar-refractivity contribution in [1.82, 2.24) is 4.90 Å². The molecule has 1 fully saturated rings. The Morgan fingerprint density at radius 1 is 1.50 bits per heavy atom. The second-order valence-corrected chi connectivity index (χ2v) is 4.71. The van der Waals surface area contributed by atoms with Crippen molar-refractivity contribution in [3.63, 3.8) is 0 Å². The van der Waals surface area contributed by atoms with Gasteiger partial charge in [0.15, 0.2) is 0 Å².